The quantitative estimate of drug-likeness (QED) is 0.354. The van der Waals surface area contributed by atoms with E-state index in [4.69, 9.17) is 4.74 Å². The van der Waals surface area contributed by atoms with Gasteiger partial charge in [0.15, 0.2) is 5.78 Å². The molecule has 142 valence electrons. The molecule has 0 spiro atoms. The molecule has 0 saturated heterocycles. The maximum atomic E-state index is 11.9. The zero-order valence-electron chi connectivity index (χ0n) is 16.7. The van der Waals surface area contributed by atoms with Gasteiger partial charge in [0, 0.05) is 38.3 Å². The zero-order valence-corrected chi connectivity index (χ0v) is 21.6. The molecular formula is C20H27N2O4Rb. The summed E-state index contributed by atoms with van der Waals surface area (Å²) in [4.78, 5) is 34.3. The topological polar surface area (TPSA) is 86.6 Å². The number of allylic oxidation sites excluding steroid dienone is 2. The molecule has 0 unspecified atom stereocenters. The van der Waals surface area contributed by atoms with Crippen molar-refractivity contribution in [1.29, 1.82) is 0 Å². The van der Waals surface area contributed by atoms with Crippen LogP contribution < -0.4 is 63.5 Å². The largest absolute Gasteiger partial charge is 1.00 e. The Labute approximate surface area is 210 Å². The van der Waals surface area contributed by atoms with Crippen molar-refractivity contribution in [3.05, 3.63) is 52.5 Å². The van der Waals surface area contributed by atoms with Gasteiger partial charge in [0.1, 0.15) is 5.78 Å². The van der Waals surface area contributed by atoms with Gasteiger partial charge < -0.3 is 25.0 Å². The van der Waals surface area contributed by atoms with E-state index in [-0.39, 0.29) is 88.8 Å². The van der Waals surface area contributed by atoms with Crippen molar-refractivity contribution in [3.63, 3.8) is 0 Å². The fourth-order valence-corrected chi connectivity index (χ4v) is 2.14. The molecule has 0 aliphatic heterocycles. The molecule has 0 heterocycles. The van der Waals surface area contributed by atoms with Gasteiger partial charge in [-0.2, -0.15) is 0 Å². The Balaban J connectivity index is 0.00000676. The molecule has 0 fully saturated rings. The fourth-order valence-electron chi connectivity index (χ4n) is 2.14. The third-order valence-corrected chi connectivity index (χ3v) is 3.65. The summed E-state index contributed by atoms with van der Waals surface area (Å²) in [6.07, 6.45) is 3.00. The number of amides is 1. The molecule has 6 nitrogen and oxygen atoms in total. The van der Waals surface area contributed by atoms with E-state index in [1.54, 1.807) is 13.1 Å². The van der Waals surface area contributed by atoms with E-state index in [1.807, 2.05) is 31.2 Å². The molecule has 1 N–H and O–H groups in total. The molecule has 7 heteroatoms. The summed E-state index contributed by atoms with van der Waals surface area (Å²) in [5, 5.41) is 6.87. The number of carbonyl (C=O) groups excluding carboxylic acids is 3. The Hall–Kier alpha value is -0.665. The molecule has 1 rings (SSSR count). The van der Waals surface area contributed by atoms with Gasteiger partial charge in [-0.3, -0.25) is 4.79 Å². The van der Waals surface area contributed by atoms with Gasteiger partial charge in [-0.05, 0) is 25.8 Å². The second-order valence-corrected chi connectivity index (χ2v) is 6.11. The summed E-state index contributed by atoms with van der Waals surface area (Å²) in [6.45, 7) is 3.96. The molecule has 0 aliphatic rings. The number of ether oxygens (including phenoxy) is 1. The number of nitrogens with one attached hydrogen (secondary N) is 1. The van der Waals surface area contributed by atoms with Crippen LogP contribution in [0.2, 0.25) is 0 Å². The van der Waals surface area contributed by atoms with Gasteiger partial charge in [0.05, 0.1) is 12.5 Å². The minimum Gasteiger partial charge on any atom is -0.648 e. The van der Waals surface area contributed by atoms with Crippen LogP contribution in [0.25, 0.3) is 5.32 Å². The summed E-state index contributed by atoms with van der Waals surface area (Å²) in [5.74, 6) is -0.172. The molecule has 1 amide bonds. The Kier molecular flexibility index (Phi) is 14.9. The van der Waals surface area contributed by atoms with Gasteiger partial charge in [0.25, 0.3) is 0 Å². The molecule has 0 bridgehead atoms. The van der Waals surface area contributed by atoms with Crippen molar-refractivity contribution in [1.82, 2.24) is 5.32 Å². The number of carbonyl (C=O) groups is 3. The Bertz CT molecular complexity index is 642. The van der Waals surface area contributed by atoms with Crippen molar-refractivity contribution >= 4 is 17.5 Å². The molecule has 0 aromatic heterocycles. The first kappa shape index (κ1) is 26.3. The molecule has 1 aromatic rings. The Morgan fingerprint density at radius 1 is 1.11 bits per heavy atom. The third kappa shape index (κ3) is 13.2. The van der Waals surface area contributed by atoms with Crippen LogP contribution >= 0.6 is 0 Å². The van der Waals surface area contributed by atoms with Crippen molar-refractivity contribution in [2.45, 2.75) is 39.7 Å². The molecule has 1 aromatic carbocycles. The van der Waals surface area contributed by atoms with Crippen LogP contribution in [0.5, 0.6) is 0 Å². The molecule has 0 atom stereocenters. The number of hydrogen-bond acceptors (Lipinski definition) is 5. The molecule has 0 radical (unpaired) electrons. The fraction of sp³-hybridized carbons (Fsp3) is 0.450. The SMILES string of the molecule is CN/C(C)=C\C(=O)Cc1ccc(C[N-]C(=O)COCCCC(C)=O)cc1.[Rb+]. The Morgan fingerprint density at radius 2 is 1.74 bits per heavy atom. The van der Waals surface area contributed by atoms with Crippen LogP contribution in [0.3, 0.4) is 0 Å². The molecule has 0 aliphatic carbocycles. The summed E-state index contributed by atoms with van der Waals surface area (Å²) in [7, 11) is 1.77. The average molecular weight is 445 g/mol. The summed E-state index contributed by atoms with van der Waals surface area (Å²) in [6, 6.07) is 7.46. The standard InChI is InChI=1S/C20H28N2O4.Rb/c1-15(21-3)11-19(24)12-17-6-8-18(9-7-17)13-22-20(25)14-26-10-4-5-16(2)23;/h6-9,11H,4-5,10,12-14H2,1-3H3,(H2,21,22,24,25);/q;+1/p-1. The predicted octanol–water partition coefficient (Wildman–Crippen LogP) is -0.288. The second-order valence-electron chi connectivity index (χ2n) is 6.11. The maximum Gasteiger partial charge on any atom is 1.00 e. The van der Waals surface area contributed by atoms with Crippen LogP contribution in [-0.4, -0.2) is 37.7 Å². The smallest absolute Gasteiger partial charge is 0.648 e. The molecular weight excluding hydrogens is 418 g/mol. The predicted molar refractivity (Wildman–Crippen MR) is 101 cm³/mol. The van der Waals surface area contributed by atoms with Crippen LogP contribution in [0.4, 0.5) is 0 Å². The third-order valence-electron chi connectivity index (χ3n) is 3.65. The number of rotatable bonds is 12. The van der Waals surface area contributed by atoms with Gasteiger partial charge >= 0.3 is 58.2 Å². The van der Waals surface area contributed by atoms with Crippen LogP contribution in [0.15, 0.2) is 36.0 Å². The number of hydrogen-bond donors (Lipinski definition) is 1. The van der Waals surface area contributed by atoms with Crippen molar-refractivity contribution in [2.24, 2.45) is 0 Å². The van der Waals surface area contributed by atoms with Crippen LogP contribution in [-0.2, 0) is 32.1 Å². The van der Waals surface area contributed by atoms with Crippen LogP contribution in [0.1, 0.15) is 37.8 Å². The normalized spacial score (nSPS) is 10.7. The number of benzene rings is 1. The van der Waals surface area contributed by atoms with E-state index in [1.165, 1.54) is 6.92 Å². The van der Waals surface area contributed by atoms with Gasteiger partial charge in [-0.25, -0.2) is 0 Å². The first-order chi connectivity index (χ1) is 12.4. The molecule has 27 heavy (non-hydrogen) atoms. The first-order valence-corrected chi connectivity index (χ1v) is 8.65. The minimum atomic E-state index is -0.320. The monoisotopic (exact) mass is 444 g/mol. The number of ketones is 2. The van der Waals surface area contributed by atoms with Crippen molar-refractivity contribution in [2.75, 3.05) is 20.3 Å². The van der Waals surface area contributed by atoms with E-state index in [9.17, 15) is 14.4 Å². The van der Waals surface area contributed by atoms with Crippen LogP contribution in [0, 0.1) is 0 Å². The van der Waals surface area contributed by atoms with Gasteiger partial charge in [-0.15, -0.1) is 6.54 Å². The molecule has 0 saturated carbocycles. The van der Waals surface area contributed by atoms with E-state index in [0.29, 0.717) is 25.9 Å². The van der Waals surface area contributed by atoms with Gasteiger partial charge in [-0.1, -0.05) is 29.8 Å². The average Bonchev–Trinajstić information content (AvgIpc) is 2.60. The number of Topliss-reactive ketones (excluding diaryl/α,β-unsaturated/α-hetero) is 1. The summed E-state index contributed by atoms with van der Waals surface area (Å²) < 4.78 is 5.19. The number of nitrogens with zero attached hydrogens (tertiary/aromatic N) is 1. The van der Waals surface area contributed by atoms with E-state index < -0.39 is 0 Å². The summed E-state index contributed by atoms with van der Waals surface area (Å²) >= 11 is 0. The van der Waals surface area contributed by atoms with Crippen molar-refractivity contribution in [3.8, 4) is 0 Å². The van der Waals surface area contributed by atoms with Crippen molar-refractivity contribution < 1.29 is 77.3 Å². The van der Waals surface area contributed by atoms with E-state index >= 15 is 0 Å². The van der Waals surface area contributed by atoms with E-state index in [0.717, 1.165) is 16.8 Å². The minimum absolute atomic E-state index is 0. The Morgan fingerprint density at radius 3 is 2.33 bits per heavy atom. The zero-order chi connectivity index (χ0) is 19.4. The van der Waals surface area contributed by atoms with Gasteiger partial charge in [0.2, 0.25) is 0 Å². The second kappa shape index (κ2) is 15.3. The van der Waals surface area contributed by atoms with E-state index in [2.05, 4.69) is 10.6 Å². The first-order valence-electron chi connectivity index (χ1n) is 8.65. The summed E-state index contributed by atoms with van der Waals surface area (Å²) in [5.41, 5.74) is 2.64. The maximum absolute atomic E-state index is 11.9.